The smallest absolute Gasteiger partial charge is 0.350 e. The summed E-state index contributed by atoms with van der Waals surface area (Å²) in [6, 6.07) is 10.3. The third-order valence-corrected chi connectivity index (χ3v) is 3.70. The molecular formula is C15H14ClN5O2. The summed E-state index contributed by atoms with van der Waals surface area (Å²) in [7, 11) is 0. The van der Waals surface area contributed by atoms with Crippen LogP contribution in [0, 0.1) is 0 Å². The van der Waals surface area contributed by atoms with Gasteiger partial charge in [0.1, 0.15) is 0 Å². The predicted molar refractivity (Wildman–Crippen MR) is 87.9 cm³/mol. The van der Waals surface area contributed by atoms with Crippen molar-refractivity contribution in [3.63, 3.8) is 0 Å². The van der Waals surface area contributed by atoms with E-state index < -0.39 is 5.91 Å². The van der Waals surface area contributed by atoms with Gasteiger partial charge in [-0.3, -0.25) is 9.20 Å². The lowest BCUT2D eigenvalue weighted by Crippen LogP contribution is -2.24. The molecule has 1 amide bonds. The number of rotatable bonds is 5. The van der Waals surface area contributed by atoms with Crippen molar-refractivity contribution in [1.82, 2.24) is 14.2 Å². The minimum atomic E-state index is -0.588. The van der Waals surface area contributed by atoms with E-state index in [-0.39, 0.29) is 11.3 Å². The first-order valence-corrected chi connectivity index (χ1v) is 7.31. The predicted octanol–water partition coefficient (Wildman–Crippen LogP) is 1.36. The largest absolute Gasteiger partial charge is 0.383 e. The lowest BCUT2D eigenvalue weighted by atomic mass is 10.2. The van der Waals surface area contributed by atoms with Gasteiger partial charge in [-0.25, -0.2) is 9.48 Å². The number of aromatic nitrogens is 3. The molecule has 3 aromatic rings. The van der Waals surface area contributed by atoms with Gasteiger partial charge in [0.25, 0.3) is 0 Å². The third-order valence-electron chi connectivity index (χ3n) is 3.37. The molecule has 0 spiro atoms. The van der Waals surface area contributed by atoms with Gasteiger partial charge in [-0.15, -0.1) is 5.10 Å². The molecule has 3 N–H and O–H groups in total. The average Bonchev–Trinajstić information content (AvgIpc) is 2.85. The first-order valence-electron chi connectivity index (χ1n) is 6.94. The number of anilines is 1. The normalized spacial score (nSPS) is 10.8. The highest BCUT2D eigenvalue weighted by Crippen LogP contribution is 2.19. The Hall–Kier alpha value is -2.80. The Bertz CT molecular complexity index is 931. The molecule has 7 nitrogen and oxygen atoms in total. The first-order chi connectivity index (χ1) is 11.1. The number of nitrogens with one attached hydrogen (secondary N) is 1. The van der Waals surface area contributed by atoms with Gasteiger partial charge in [0.15, 0.2) is 5.65 Å². The van der Waals surface area contributed by atoms with Crippen molar-refractivity contribution >= 4 is 28.8 Å². The molecule has 2 aromatic heterocycles. The van der Waals surface area contributed by atoms with E-state index in [0.717, 1.165) is 0 Å². The number of halogens is 1. The van der Waals surface area contributed by atoms with Crippen molar-refractivity contribution < 1.29 is 4.79 Å². The van der Waals surface area contributed by atoms with E-state index in [9.17, 15) is 9.59 Å². The Morgan fingerprint density at radius 1 is 1.30 bits per heavy atom. The molecule has 0 unspecified atom stereocenters. The van der Waals surface area contributed by atoms with E-state index in [2.05, 4.69) is 10.4 Å². The summed E-state index contributed by atoms with van der Waals surface area (Å²) in [6.45, 7) is 0.846. The number of hydrogen-bond donors (Lipinski definition) is 2. The summed E-state index contributed by atoms with van der Waals surface area (Å²) >= 11 is 5.90. The summed E-state index contributed by atoms with van der Waals surface area (Å²) in [5.41, 5.74) is 6.60. The van der Waals surface area contributed by atoms with Crippen LogP contribution in [-0.2, 0) is 6.54 Å². The van der Waals surface area contributed by atoms with Crippen LogP contribution in [0.4, 0.5) is 5.69 Å². The van der Waals surface area contributed by atoms with Gasteiger partial charge < -0.3 is 11.1 Å². The van der Waals surface area contributed by atoms with Crippen molar-refractivity contribution in [3.8, 4) is 0 Å². The first kappa shape index (κ1) is 15.1. The Morgan fingerprint density at radius 3 is 2.87 bits per heavy atom. The Balaban J connectivity index is 1.72. The van der Waals surface area contributed by atoms with Crippen molar-refractivity contribution in [2.75, 3.05) is 11.9 Å². The van der Waals surface area contributed by atoms with E-state index in [4.69, 9.17) is 17.3 Å². The van der Waals surface area contributed by atoms with Gasteiger partial charge in [0.05, 0.1) is 17.1 Å². The van der Waals surface area contributed by atoms with Gasteiger partial charge in [0.2, 0.25) is 5.91 Å². The van der Waals surface area contributed by atoms with E-state index in [0.29, 0.717) is 29.4 Å². The molecule has 0 atom stereocenters. The number of carbonyl (C=O) groups excluding carboxylic acids is 1. The second-order valence-corrected chi connectivity index (χ2v) is 5.33. The fourth-order valence-corrected chi connectivity index (χ4v) is 2.45. The fraction of sp³-hybridized carbons (Fsp3) is 0.133. The van der Waals surface area contributed by atoms with Crippen LogP contribution in [0.15, 0.2) is 47.4 Å². The van der Waals surface area contributed by atoms with Crippen LogP contribution >= 0.6 is 11.6 Å². The number of fused-ring (bicyclic) bond motifs is 1. The number of nitrogens with zero attached hydrogens (tertiary/aromatic N) is 3. The quantitative estimate of drug-likeness (QED) is 0.738. The zero-order valence-corrected chi connectivity index (χ0v) is 12.8. The zero-order valence-electron chi connectivity index (χ0n) is 12.1. The number of hydrogen-bond acceptors (Lipinski definition) is 4. The second-order valence-electron chi connectivity index (χ2n) is 4.92. The second kappa shape index (κ2) is 6.13. The lowest BCUT2D eigenvalue weighted by molar-refractivity contribution is 0.100. The molecule has 0 bridgehead atoms. The summed E-state index contributed by atoms with van der Waals surface area (Å²) in [4.78, 5) is 23.4. The molecule has 0 saturated heterocycles. The molecule has 0 aliphatic carbocycles. The summed E-state index contributed by atoms with van der Waals surface area (Å²) in [5, 5.41) is 7.65. The van der Waals surface area contributed by atoms with Crippen LogP contribution in [0.2, 0.25) is 5.02 Å². The molecule has 1 aromatic carbocycles. The molecule has 0 radical (unpaired) electrons. The molecule has 3 rings (SSSR count). The molecule has 8 heteroatoms. The van der Waals surface area contributed by atoms with Crippen molar-refractivity contribution in [2.24, 2.45) is 5.73 Å². The van der Waals surface area contributed by atoms with Crippen molar-refractivity contribution in [2.45, 2.75) is 6.54 Å². The van der Waals surface area contributed by atoms with Crippen molar-refractivity contribution in [3.05, 3.63) is 63.7 Å². The SMILES string of the molecule is NC(=O)c1cc(NCCn2nc3ccccn3c2=O)ccc1Cl. The van der Waals surface area contributed by atoms with E-state index in [1.807, 2.05) is 6.07 Å². The number of nitrogens with two attached hydrogens (primary N) is 1. The zero-order chi connectivity index (χ0) is 16.4. The summed E-state index contributed by atoms with van der Waals surface area (Å²) in [6.07, 6.45) is 1.67. The molecule has 0 saturated carbocycles. The Morgan fingerprint density at radius 2 is 2.13 bits per heavy atom. The van der Waals surface area contributed by atoms with Crippen LogP contribution in [0.25, 0.3) is 5.65 Å². The van der Waals surface area contributed by atoms with Gasteiger partial charge in [-0.1, -0.05) is 17.7 Å². The molecule has 23 heavy (non-hydrogen) atoms. The van der Waals surface area contributed by atoms with E-state index in [1.165, 1.54) is 9.08 Å². The lowest BCUT2D eigenvalue weighted by Gasteiger charge is -2.08. The molecule has 0 aliphatic rings. The molecule has 0 fully saturated rings. The van der Waals surface area contributed by atoms with Crippen LogP contribution in [0.5, 0.6) is 0 Å². The Kier molecular flexibility index (Phi) is 4.03. The van der Waals surface area contributed by atoms with Gasteiger partial charge in [-0.05, 0) is 30.3 Å². The van der Waals surface area contributed by atoms with E-state index >= 15 is 0 Å². The van der Waals surface area contributed by atoms with Crippen molar-refractivity contribution in [1.29, 1.82) is 0 Å². The summed E-state index contributed by atoms with van der Waals surface area (Å²) in [5.74, 6) is -0.588. The number of primary amides is 1. The van der Waals surface area contributed by atoms with Crippen LogP contribution in [0.3, 0.4) is 0 Å². The van der Waals surface area contributed by atoms with Crippen LogP contribution in [0.1, 0.15) is 10.4 Å². The molecule has 118 valence electrons. The molecular weight excluding hydrogens is 318 g/mol. The maximum atomic E-state index is 12.1. The monoisotopic (exact) mass is 331 g/mol. The minimum absolute atomic E-state index is 0.198. The average molecular weight is 332 g/mol. The summed E-state index contributed by atoms with van der Waals surface area (Å²) < 4.78 is 2.86. The number of amides is 1. The maximum absolute atomic E-state index is 12.1. The molecule has 0 aliphatic heterocycles. The highest BCUT2D eigenvalue weighted by atomic mass is 35.5. The number of carbonyl (C=O) groups is 1. The Labute approximate surface area is 136 Å². The number of benzene rings is 1. The maximum Gasteiger partial charge on any atom is 0.350 e. The highest BCUT2D eigenvalue weighted by Gasteiger charge is 2.08. The topological polar surface area (TPSA) is 94.4 Å². The van der Waals surface area contributed by atoms with Gasteiger partial charge in [0, 0.05) is 18.4 Å². The van der Waals surface area contributed by atoms with Crippen LogP contribution < -0.4 is 16.7 Å². The molecule has 2 heterocycles. The standard InChI is InChI=1S/C15H14ClN5O2/c16-12-5-4-10(9-11(12)14(17)22)18-6-8-21-15(23)20-7-2-1-3-13(20)19-21/h1-5,7,9,18H,6,8H2,(H2,17,22). The number of pyridine rings is 1. The van der Waals surface area contributed by atoms with Crippen LogP contribution in [-0.4, -0.2) is 26.6 Å². The van der Waals surface area contributed by atoms with Gasteiger partial charge in [-0.2, -0.15) is 0 Å². The van der Waals surface area contributed by atoms with Gasteiger partial charge >= 0.3 is 5.69 Å². The minimum Gasteiger partial charge on any atom is -0.383 e. The highest BCUT2D eigenvalue weighted by molar-refractivity contribution is 6.33. The van der Waals surface area contributed by atoms with E-state index in [1.54, 1.807) is 36.5 Å². The fourth-order valence-electron chi connectivity index (χ4n) is 2.24. The third kappa shape index (κ3) is 3.04.